The molecule has 8 heteroatoms. The SMILES string of the molecule is Cc1ncsc1CCC(=O)NC(C(=O)O)c1c(C)n[nH]c1C. The molecular weight excluding hydrogens is 304 g/mol. The molecule has 0 aliphatic heterocycles. The summed E-state index contributed by atoms with van der Waals surface area (Å²) in [6, 6.07) is -1.09. The third-order valence-corrected chi connectivity index (χ3v) is 4.44. The number of rotatable bonds is 6. The minimum absolute atomic E-state index is 0.225. The van der Waals surface area contributed by atoms with Crippen molar-refractivity contribution in [3.63, 3.8) is 0 Å². The topological polar surface area (TPSA) is 108 Å². The van der Waals surface area contributed by atoms with E-state index in [1.807, 2.05) is 6.92 Å². The number of aromatic nitrogens is 3. The number of aromatic amines is 1. The summed E-state index contributed by atoms with van der Waals surface area (Å²) in [5.74, 6) is -1.41. The number of nitrogens with zero attached hydrogens (tertiary/aromatic N) is 2. The van der Waals surface area contributed by atoms with E-state index in [1.165, 1.54) is 11.3 Å². The van der Waals surface area contributed by atoms with Gasteiger partial charge in [0.1, 0.15) is 0 Å². The Bertz CT molecular complexity index is 673. The van der Waals surface area contributed by atoms with Crippen molar-refractivity contribution in [2.24, 2.45) is 0 Å². The van der Waals surface area contributed by atoms with Crippen LogP contribution in [0.1, 0.15) is 40.0 Å². The van der Waals surface area contributed by atoms with Crippen LogP contribution in [0.2, 0.25) is 0 Å². The lowest BCUT2D eigenvalue weighted by Crippen LogP contribution is -2.34. The maximum atomic E-state index is 12.1. The lowest BCUT2D eigenvalue weighted by Gasteiger charge is -2.15. The zero-order valence-electron chi connectivity index (χ0n) is 12.6. The first-order chi connectivity index (χ1) is 10.4. The van der Waals surface area contributed by atoms with E-state index in [0.717, 1.165) is 10.6 Å². The number of carboxylic acid groups (broad SMARTS) is 1. The molecular formula is C14H18N4O3S. The van der Waals surface area contributed by atoms with Crippen LogP contribution in [-0.2, 0) is 16.0 Å². The molecule has 1 amide bonds. The van der Waals surface area contributed by atoms with Crippen molar-refractivity contribution in [3.05, 3.63) is 33.0 Å². The number of carboxylic acids is 1. The number of hydrogen-bond acceptors (Lipinski definition) is 5. The molecule has 2 aromatic heterocycles. The molecule has 0 spiro atoms. The number of amides is 1. The van der Waals surface area contributed by atoms with Crippen LogP contribution in [0.4, 0.5) is 0 Å². The highest BCUT2D eigenvalue weighted by Gasteiger charge is 2.27. The third-order valence-electron chi connectivity index (χ3n) is 3.45. The van der Waals surface area contributed by atoms with Gasteiger partial charge in [0.15, 0.2) is 6.04 Å². The fourth-order valence-electron chi connectivity index (χ4n) is 2.27. The molecule has 3 N–H and O–H groups in total. The van der Waals surface area contributed by atoms with Crippen molar-refractivity contribution in [2.75, 3.05) is 0 Å². The molecule has 0 bridgehead atoms. The maximum Gasteiger partial charge on any atom is 0.331 e. The van der Waals surface area contributed by atoms with Gasteiger partial charge < -0.3 is 10.4 Å². The van der Waals surface area contributed by atoms with Crippen molar-refractivity contribution in [3.8, 4) is 0 Å². The number of aliphatic carboxylic acids is 1. The monoisotopic (exact) mass is 322 g/mol. The zero-order valence-corrected chi connectivity index (χ0v) is 13.5. The van der Waals surface area contributed by atoms with E-state index in [4.69, 9.17) is 0 Å². The molecule has 0 radical (unpaired) electrons. The highest BCUT2D eigenvalue weighted by molar-refractivity contribution is 7.09. The number of carbonyl (C=O) groups excluding carboxylic acids is 1. The molecule has 0 aromatic carbocycles. The molecule has 0 saturated carbocycles. The summed E-state index contributed by atoms with van der Waals surface area (Å²) in [5.41, 5.74) is 4.37. The van der Waals surface area contributed by atoms with Gasteiger partial charge in [0.2, 0.25) is 5.91 Å². The molecule has 118 valence electrons. The molecule has 1 unspecified atom stereocenters. The van der Waals surface area contributed by atoms with E-state index >= 15 is 0 Å². The summed E-state index contributed by atoms with van der Waals surface area (Å²) in [6.45, 7) is 5.34. The highest BCUT2D eigenvalue weighted by Crippen LogP contribution is 2.20. The Balaban J connectivity index is 2.04. The molecule has 2 rings (SSSR count). The van der Waals surface area contributed by atoms with E-state index < -0.39 is 12.0 Å². The van der Waals surface area contributed by atoms with Crippen molar-refractivity contribution in [1.29, 1.82) is 0 Å². The van der Waals surface area contributed by atoms with Crippen molar-refractivity contribution in [2.45, 2.75) is 39.7 Å². The molecule has 0 saturated heterocycles. The van der Waals surface area contributed by atoms with Gasteiger partial charge in [-0.1, -0.05) is 0 Å². The van der Waals surface area contributed by atoms with E-state index in [1.54, 1.807) is 19.4 Å². The van der Waals surface area contributed by atoms with Gasteiger partial charge in [-0.25, -0.2) is 9.78 Å². The van der Waals surface area contributed by atoms with Crippen LogP contribution >= 0.6 is 11.3 Å². The third kappa shape index (κ3) is 3.51. The standard InChI is InChI=1S/C14H18N4O3S/c1-7-10(22-6-15-7)4-5-11(19)16-13(14(20)21)12-8(2)17-18-9(12)3/h6,13H,4-5H2,1-3H3,(H,16,19)(H,17,18)(H,20,21). The normalized spacial score (nSPS) is 12.1. The van der Waals surface area contributed by atoms with Crippen LogP contribution in [0.15, 0.2) is 5.51 Å². The molecule has 0 fully saturated rings. The Labute approximate surface area is 131 Å². The van der Waals surface area contributed by atoms with Gasteiger partial charge >= 0.3 is 5.97 Å². The Morgan fingerprint density at radius 1 is 1.36 bits per heavy atom. The fourth-order valence-corrected chi connectivity index (χ4v) is 3.05. The highest BCUT2D eigenvalue weighted by atomic mass is 32.1. The molecule has 7 nitrogen and oxygen atoms in total. The number of thiazole rings is 1. The predicted molar refractivity (Wildman–Crippen MR) is 81.8 cm³/mol. The first-order valence-corrected chi connectivity index (χ1v) is 7.70. The van der Waals surface area contributed by atoms with E-state index in [0.29, 0.717) is 23.4 Å². The predicted octanol–water partition coefficient (Wildman–Crippen LogP) is 1.67. The largest absolute Gasteiger partial charge is 0.479 e. The Morgan fingerprint density at radius 2 is 2.09 bits per heavy atom. The zero-order chi connectivity index (χ0) is 16.3. The van der Waals surface area contributed by atoms with Crippen molar-refractivity contribution >= 4 is 23.2 Å². The van der Waals surface area contributed by atoms with Crippen LogP contribution in [0, 0.1) is 20.8 Å². The number of H-pyrrole nitrogens is 1. The first-order valence-electron chi connectivity index (χ1n) is 6.82. The van der Waals surface area contributed by atoms with Crippen LogP contribution in [-0.4, -0.2) is 32.2 Å². The molecule has 2 aromatic rings. The van der Waals surface area contributed by atoms with E-state index in [2.05, 4.69) is 20.5 Å². The average molecular weight is 322 g/mol. The summed E-state index contributed by atoms with van der Waals surface area (Å²) in [7, 11) is 0. The average Bonchev–Trinajstić information content (AvgIpc) is 3.00. The lowest BCUT2D eigenvalue weighted by atomic mass is 10.0. The number of hydrogen-bond donors (Lipinski definition) is 3. The minimum atomic E-state index is -1.10. The summed E-state index contributed by atoms with van der Waals surface area (Å²) in [6.07, 6.45) is 0.779. The Morgan fingerprint density at radius 3 is 2.59 bits per heavy atom. The van der Waals surface area contributed by atoms with Crippen LogP contribution in [0.5, 0.6) is 0 Å². The summed E-state index contributed by atoms with van der Waals surface area (Å²) in [4.78, 5) is 28.7. The second-order valence-corrected chi connectivity index (χ2v) is 5.99. The van der Waals surface area contributed by atoms with Gasteiger partial charge in [-0.05, 0) is 27.2 Å². The molecule has 0 aliphatic rings. The number of aryl methyl sites for hydroxylation is 4. The van der Waals surface area contributed by atoms with Gasteiger partial charge in [0.25, 0.3) is 0 Å². The van der Waals surface area contributed by atoms with Crippen LogP contribution < -0.4 is 5.32 Å². The van der Waals surface area contributed by atoms with Gasteiger partial charge in [-0.3, -0.25) is 9.89 Å². The van der Waals surface area contributed by atoms with Gasteiger partial charge in [0, 0.05) is 22.6 Å². The quantitative estimate of drug-likeness (QED) is 0.749. The molecule has 0 aliphatic carbocycles. The Kier molecular flexibility index (Phi) is 4.92. The van der Waals surface area contributed by atoms with Crippen molar-refractivity contribution in [1.82, 2.24) is 20.5 Å². The second kappa shape index (κ2) is 6.69. The number of carbonyl (C=O) groups is 2. The Hall–Kier alpha value is -2.22. The van der Waals surface area contributed by atoms with Gasteiger partial charge in [0.05, 0.1) is 16.9 Å². The van der Waals surface area contributed by atoms with Gasteiger partial charge in [-0.2, -0.15) is 5.10 Å². The number of nitrogens with one attached hydrogen (secondary N) is 2. The summed E-state index contributed by atoms with van der Waals surface area (Å²) >= 11 is 1.50. The molecule has 22 heavy (non-hydrogen) atoms. The van der Waals surface area contributed by atoms with Crippen LogP contribution in [0.25, 0.3) is 0 Å². The summed E-state index contributed by atoms with van der Waals surface area (Å²) in [5, 5.41) is 18.7. The lowest BCUT2D eigenvalue weighted by molar-refractivity contribution is -0.142. The van der Waals surface area contributed by atoms with E-state index in [-0.39, 0.29) is 12.3 Å². The molecule has 1 atom stereocenters. The maximum absolute atomic E-state index is 12.1. The minimum Gasteiger partial charge on any atom is -0.479 e. The fraction of sp³-hybridized carbons (Fsp3) is 0.429. The first kappa shape index (κ1) is 16.2. The van der Waals surface area contributed by atoms with Crippen LogP contribution in [0.3, 0.4) is 0 Å². The van der Waals surface area contributed by atoms with E-state index in [9.17, 15) is 14.7 Å². The second-order valence-electron chi connectivity index (χ2n) is 5.05. The van der Waals surface area contributed by atoms with Crippen molar-refractivity contribution < 1.29 is 14.7 Å². The molecule has 2 heterocycles. The smallest absolute Gasteiger partial charge is 0.331 e. The summed E-state index contributed by atoms with van der Waals surface area (Å²) < 4.78 is 0. The van der Waals surface area contributed by atoms with Gasteiger partial charge in [-0.15, -0.1) is 11.3 Å².